The summed E-state index contributed by atoms with van der Waals surface area (Å²) in [6, 6.07) is 6.50. The number of aliphatic hydroxyl groups excluding tert-OH is 1. The van der Waals surface area contributed by atoms with Gasteiger partial charge in [-0.05, 0) is 31.9 Å². The number of carbonyl (C=O) groups is 1. The van der Waals surface area contributed by atoms with Crippen LogP contribution >= 0.6 is 11.6 Å². The van der Waals surface area contributed by atoms with Crippen molar-refractivity contribution in [2.24, 2.45) is 0 Å². The van der Waals surface area contributed by atoms with E-state index in [1.54, 1.807) is 29.0 Å². The number of halogens is 1. The number of benzene rings is 1. The topological polar surface area (TPSA) is 134 Å². The molecule has 0 radical (unpaired) electrons. The van der Waals surface area contributed by atoms with Crippen LogP contribution in [-0.4, -0.2) is 61.5 Å². The van der Waals surface area contributed by atoms with E-state index in [1.165, 1.54) is 18.6 Å². The molecular weight excluding hydrogens is 448 g/mol. The van der Waals surface area contributed by atoms with Gasteiger partial charge in [0.2, 0.25) is 5.95 Å². The minimum atomic E-state index is -2.02. The Balaban J connectivity index is 1.52. The van der Waals surface area contributed by atoms with Gasteiger partial charge in [0.25, 0.3) is 5.91 Å². The molecular formula is C22H25ClN6O4. The Morgan fingerprint density at radius 3 is 2.85 bits per heavy atom. The molecule has 33 heavy (non-hydrogen) atoms. The van der Waals surface area contributed by atoms with Crippen LogP contribution in [0.15, 0.2) is 43.0 Å². The van der Waals surface area contributed by atoms with Gasteiger partial charge in [0.15, 0.2) is 5.72 Å². The quantitative estimate of drug-likeness (QED) is 0.382. The number of hydrogen-bond acceptors (Lipinski definition) is 8. The highest BCUT2D eigenvalue weighted by Gasteiger charge is 2.32. The molecule has 2 aromatic heterocycles. The molecule has 0 aliphatic carbocycles. The van der Waals surface area contributed by atoms with Crippen molar-refractivity contribution in [1.82, 2.24) is 24.8 Å². The lowest BCUT2D eigenvalue weighted by Gasteiger charge is -2.27. The molecule has 1 aliphatic heterocycles. The third-order valence-corrected chi connectivity index (χ3v) is 5.65. The van der Waals surface area contributed by atoms with E-state index in [0.717, 1.165) is 18.4 Å². The second-order valence-corrected chi connectivity index (χ2v) is 8.32. The van der Waals surface area contributed by atoms with Crippen molar-refractivity contribution in [3.05, 3.63) is 64.8 Å². The number of nitrogens with zero attached hydrogens (tertiary/aromatic N) is 4. The van der Waals surface area contributed by atoms with Gasteiger partial charge in [-0.2, -0.15) is 4.98 Å². The smallest absolute Gasteiger partial charge is 0.274 e. The first-order valence-electron chi connectivity index (χ1n) is 10.5. The average Bonchev–Trinajstić information content (AvgIpc) is 3.31. The summed E-state index contributed by atoms with van der Waals surface area (Å²) in [5.74, 6) is 0.383. The van der Waals surface area contributed by atoms with E-state index in [2.05, 4.69) is 25.6 Å². The van der Waals surface area contributed by atoms with E-state index in [0.29, 0.717) is 30.0 Å². The highest BCUT2D eigenvalue weighted by molar-refractivity contribution is 6.30. The fourth-order valence-electron chi connectivity index (χ4n) is 3.54. The number of imidazole rings is 1. The van der Waals surface area contributed by atoms with Crippen molar-refractivity contribution in [3.8, 4) is 5.82 Å². The van der Waals surface area contributed by atoms with Gasteiger partial charge in [0, 0.05) is 47.8 Å². The zero-order valence-corrected chi connectivity index (χ0v) is 18.8. The number of hydrogen-bond donors (Lipinski definition) is 4. The van der Waals surface area contributed by atoms with Crippen LogP contribution in [0.2, 0.25) is 5.02 Å². The second-order valence-electron chi connectivity index (χ2n) is 7.88. The van der Waals surface area contributed by atoms with Crippen LogP contribution in [-0.2, 0) is 10.5 Å². The summed E-state index contributed by atoms with van der Waals surface area (Å²) in [4.78, 5) is 25.9. The zero-order chi connectivity index (χ0) is 23.4. The van der Waals surface area contributed by atoms with Crippen molar-refractivity contribution in [1.29, 1.82) is 0 Å². The Hall–Kier alpha value is -3.05. The first kappa shape index (κ1) is 23.1. The third-order valence-electron chi connectivity index (χ3n) is 5.41. The Morgan fingerprint density at radius 1 is 1.33 bits per heavy atom. The first-order chi connectivity index (χ1) is 15.9. The monoisotopic (exact) mass is 472 g/mol. The Kier molecular flexibility index (Phi) is 6.89. The van der Waals surface area contributed by atoms with Crippen molar-refractivity contribution in [3.63, 3.8) is 0 Å². The van der Waals surface area contributed by atoms with Crippen LogP contribution in [0, 0.1) is 6.92 Å². The molecule has 3 aromatic rings. The summed E-state index contributed by atoms with van der Waals surface area (Å²) >= 11 is 5.98. The molecule has 3 heterocycles. The predicted octanol–water partition coefficient (Wildman–Crippen LogP) is 1.78. The molecule has 4 rings (SSSR count). The number of ether oxygens (including phenoxy) is 1. The summed E-state index contributed by atoms with van der Waals surface area (Å²) in [7, 11) is 0. The lowest BCUT2D eigenvalue weighted by atomic mass is 10.0. The summed E-state index contributed by atoms with van der Waals surface area (Å²) < 4.78 is 6.99. The molecule has 1 atom stereocenters. The lowest BCUT2D eigenvalue weighted by molar-refractivity contribution is -0.0419. The summed E-state index contributed by atoms with van der Waals surface area (Å²) in [5, 5.41) is 26.6. The number of aromatic nitrogens is 4. The van der Waals surface area contributed by atoms with Crippen molar-refractivity contribution in [2.75, 3.05) is 25.1 Å². The summed E-state index contributed by atoms with van der Waals surface area (Å²) in [6.07, 6.45) is 6.41. The molecule has 11 heteroatoms. The van der Waals surface area contributed by atoms with E-state index in [1.807, 2.05) is 6.92 Å². The molecule has 0 spiro atoms. The molecule has 0 saturated carbocycles. The predicted molar refractivity (Wildman–Crippen MR) is 121 cm³/mol. The molecule has 0 bridgehead atoms. The Morgan fingerprint density at radius 2 is 2.12 bits per heavy atom. The lowest BCUT2D eigenvalue weighted by Crippen LogP contribution is -2.48. The van der Waals surface area contributed by atoms with Gasteiger partial charge in [-0.15, -0.1) is 0 Å². The number of aryl methyl sites for hydroxylation is 1. The fraction of sp³-hybridized carbons (Fsp3) is 0.364. The normalized spacial score (nSPS) is 16.2. The fourth-order valence-corrected chi connectivity index (χ4v) is 3.74. The van der Waals surface area contributed by atoms with Crippen molar-refractivity contribution < 1.29 is 19.7 Å². The zero-order valence-electron chi connectivity index (χ0n) is 18.0. The van der Waals surface area contributed by atoms with Gasteiger partial charge in [-0.25, -0.2) is 9.97 Å². The van der Waals surface area contributed by atoms with E-state index in [9.17, 15) is 15.0 Å². The van der Waals surface area contributed by atoms with Crippen LogP contribution in [0.25, 0.3) is 5.82 Å². The maximum atomic E-state index is 12.8. The van der Waals surface area contributed by atoms with Gasteiger partial charge in [-0.1, -0.05) is 23.7 Å². The first-order valence-corrected chi connectivity index (χ1v) is 10.9. The SMILES string of the molecule is Cc1cnc(NC2CCOCC2)nc1-n1cnc(C(=O)NC(O)(CO)c2cccc(Cl)c2)c1. The Bertz CT molecular complexity index is 1130. The van der Waals surface area contributed by atoms with Gasteiger partial charge in [-0.3, -0.25) is 9.36 Å². The van der Waals surface area contributed by atoms with Crippen LogP contribution in [0.3, 0.4) is 0 Å². The standard InChI is InChI=1S/C22H25ClN6O4/c1-14-10-24-21(26-17-5-7-33-8-6-17)27-19(14)29-11-18(25-13-29)20(31)28-22(32,12-30)15-3-2-4-16(23)9-15/h2-4,9-11,13,17,30,32H,5-8,12H2,1H3,(H,28,31)(H,24,26,27). The van der Waals surface area contributed by atoms with Crippen molar-refractivity contribution >= 4 is 23.5 Å². The number of anilines is 1. The molecule has 1 fully saturated rings. The largest absolute Gasteiger partial charge is 0.391 e. The molecule has 174 valence electrons. The van der Waals surface area contributed by atoms with E-state index in [4.69, 9.17) is 16.3 Å². The van der Waals surface area contributed by atoms with Crippen LogP contribution < -0.4 is 10.6 Å². The minimum Gasteiger partial charge on any atom is -0.391 e. The van der Waals surface area contributed by atoms with E-state index < -0.39 is 18.2 Å². The van der Waals surface area contributed by atoms with Gasteiger partial charge in [0.05, 0.1) is 6.61 Å². The summed E-state index contributed by atoms with van der Waals surface area (Å²) in [6.45, 7) is 2.51. The minimum absolute atomic E-state index is 0.0425. The highest BCUT2D eigenvalue weighted by Crippen LogP contribution is 2.22. The number of nitrogens with one attached hydrogen (secondary N) is 2. The van der Waals surface area contributed by atoms with Crippen LogP contribution in [0.5, 0.6) is 0 Å². The molecule has 1 aliphatic rings. The van der Waals surface area contributed by atoms with E-state index in [-0.39, 0.29) is 17.3 Å². The van der Waals surface area contributed by atoms with Gasteiger partial charge < -0.3 is 25.6 Å². The Labute approximate surface area is 195 Å². The number of rotatable bonds is 7. The molecule has 4 N–H and O–H groups in total. The molecule has 10 nitrogen and oxygen atoms in total. The maximum absolute atomic E-state index is 12.8. The van der Waals surface area contributed by atoms with Crippen molar-refractivity contribution in [2.45, 2.75) is 31.5 Å². The number of carbonyl (C=O) groups excluding carboxylic acids is 1. The highest BCUT2D eigenvalue weighted by atomic mass is 35.5. The molecule has 1 amide bonds. The average molecular weight is 473 g/mol. The van der Waals surface area contributed by atoms with Gasteiger partial charge in [0.1, 0.15) is 17.8 Å². The molecule has 1 unspecified atom stereocenters. The van der Waals surface area contributed by atoms with E-state index >= 15 is 0 Å². The number of amides is 1. The second kappa shape index (κ2) is 9.84. The molecule has 1 saturated heterocycles. The molecule has 1 aromatic carbocycles. The van der Waals surface area contributed by atoms with Gasteiger partial charge >= 0.3 is 0 Å². The number of aliphatic hydroxyl groups is 2. The van der Waals surface area contributed by atoms with Crippen LogP contribution in [0.4, 0.5) is 5.95 Å². The van der Waals surface area contributed by atoms with Crippen LogP contribution in [0.1, 0.15) is 34.5 Å². The third kappa shape index (κ3) is 5.31. The summed E-state index contributed by atoms with van der Waals surface area (Å²) in [5.41, 5.74) is -0.929. The maximum Gasteiger partial charge on any atom is 0.274 e.